The summed E-state index contributed by atoms with van der Waals surface area (Å²) < 4.78 is 22.7. The Bertz CT molecular complexity index is 552. The van der Waals surface area contributed by atoms with Gasteiger partial charge in [0.05, 0.1) is 23.6 Å². The van der Waals surface area contributed by atoms with Crippen molar-refractivity contribution in [2.24, 2.45) is 0 Å². The fourth-order valence-corrected chi connectivity index (χ4v) is 4.31. The first kappa shape index (κ1) is 13.3. The van der Waals surface area contributed by atoms with Gasteiger partial charge in [0.25, 0.3) is 0 Å². The Balaban J connectivity index is 1.97. The minimum Gasteiger partial charge on any atom is -0.375 e. The molecule has 1 amide bonds. The topological polar surface area (TPSA) is 93.4 Å². The maximum atomic E-state index is 12.0. The molecule has 18 heavy (non-hydrogen) atoms. The van der Waals surface area contributed by atoms with Crippen molar-refractivity contribution in [3.63, 3.8) is 0 Å². The van der Waals surface area contributed by atoms with Gasteiger partial charge < -0.3 is 10.6 Å². The molecule has 2 N–H and O–H groups in total. The highest BCUT2D eigenvalue weighted by molar-refractivity contribution is 7.91. The normalized spacial score (nSPS) is 21.9. The number of anilines is 1. The van der Waals surface area contributed by atoms with Crippen LogP contribution in [0.25, 0.3) is 0 Å². The van der Waals surface area contributed by atoms with Crippen molar-refractivity contribution in [3.05, 3.63) is 11.1 Å². The van der Waals surface area contributed by atoms with Crippen molar-refractivity contribution in [3.8, 4) is 0 Å². The van der Waals surface area contributed by atoms with Gasteiger partial charge in [-0.15, -0.1) is 11.3 Å². The van der Waals surface area contributed by atoms with Crippen LogP contribution in [-0.2, 0) is 21.1 Å². The number of nitrogens with two attached hydrogens (primary N) is 1. The minimum atomic E-state index is -2.97. The van der Waals surface area contributed by atoms with E-state index in [2.05, 4.69) is 4.98 Å². The predicted octanol–water partition coefficient (Wildman–Crippen LogP) is -0.0867. The number of rotatable bonds is 3. The van der Waals surface area contributed by atoms with Crippen molar-refractivity contribution in [1.29, 1.82) is 0 Å². The van der Waals surface area contributed by atoms with Gasteiger partial charge in [0.2, 0.25) is 5.91 Å². The van der Waals surface area contributed by atoms with Crippen molar-refractivity contribution < 1.29 is 13.2 Å². The van der Waals surface area contributed by atoms with Gasteiger partial charge in [-0.25, -0.2) is 13.4 Å². The van der Waals surface area contributed by atoms with Gasteiger partial charge in [-0.3, -0.25) is 4.79 Å². The van der Waals surface area contributed by atoms with E-state index < -0.39 is 9.84 Å². The summed E-state index contributed by atoms with van der Waals surface area (Å²) in [6.45, 7) is 0. The van der Waals surface area contributed by atoms with Gasteiger partial charge >= 0.3 is 0 Å². The summed E-state index contributed by atoms with van der Waals surface area (Å²) in [6, 6.07) is -0.210. The van der Waals surface area contributed by atoms with E-state index in [-0.39, 0.29) is 29.9 Å². The second kappa shape index (κ2) is 4.85. The summed E-state index contributed by atoms with van der Waals surface area (Å²) in [5.74, 6) is 0.107. The molecule has 1 fully saturated rings. The van der Waals surface area contributed by atoms with Crippen LogP contribution in [-0.4, -0.2) is 48.8 Å². The number of hydrogen-bond acceptors (Lipinski definition) is 6. The molecule has 2 heterocycles. The van der Waals surface area contributed by atoms with Crippen molar-refractivity contribution >= 4 is 32.2 Å². The van der Waals surface area contributed by atoms with Crippen molar-refractivity contribution in [1.82, 2.24) is 9.88 Å². The van der Waals surface area contributed by atoms with Crippen LogP contribution in [0.3, 0.4) is 0 Å². The lowest BCUT2D eigenvalue weighted by molar-refractivity contribution is -0.130. The molecule has 0 saturated carbocycles. The zero-order chi connectivity index (χ0) is 13.3. The van der Waals surface area contributed by atoms with Gasteiger partial charge in [0.1, 0.15) is 0 Å². The highest BCUT2D eigenvalue weighted by atomic mass is 32.2. The third kappa shape index (κ3) is 2.99. The molecule has 6 nitrogen and oxygen atoms in total. The first-order valence-corrected chi connectivity index (χ1v) is 8.23. The number of likely N-dealkylation sites (N-methyl/N-ethyl adjacent to an activating group) is 1. The lowest BCUT2D eigenvalue weighted by atomic mass is 10.2. The maximum Gasteiger partial charge on any atom is 0.228 e. The highest BCUT2D eigenvalue weighted by Crippen LogP contribution is 2.18. The molecular formula is C10H15N3O3S2. The van der Waals surface area contributed by atoms with Crippen LogP contribution in [0.1, 0.15) is 12.1 Å². The van der Waals surface area contributed by atoms with Crippen LogP contribution in [0, 0.1) is 0 Å². The summed E-state index contributed by atoms with van der Waals surface area (Å²) in [7, 11) is -1.33. The van der Waals surface area contributed by atoms with Crippen molar-refractivity contribution in [2.45, 2.75) is 18.9 Å². The van der Waals surface area contributed by atoms with Gasteiger partial charge in [0.15, 0.2) is 15.0 Å². The third-order valence-corrected chi connectivity index (χ3v) is 5.52. The fraction of sp³-hybridized carbons (Fsp3) is 0.600. The summed E-state index contributed by atoms with van der Waals surface area (Å²) in [5, 5.41) is 2.18. The number of sulfone groups is 1. The molecule has 0 radical (unpaired) electrons. The quantitative estimate of drug-likeness (QED) is 0.839. The van der Waals surface area contributed by atoms with Crippen LogP contribution >= 0.6 is 11.3 Å². The first-order valence-electron chi connectivity index (χ1n) is 5.53. The molecule has 1 aromatic rings. The number of carbonyl (C=O) groups excluding carboxylic acids is 1. The standard InChI is InChI=1S/C10H15N3O3S2/c1-13(8-2-3-18(15,16)6-8)9(14)4-7-5-17-10(11)12-7/h5,8H,2-4,6H2,1H3,(H2,11,12). The summed E-state index contributed by atoms with van der Waals surface area (Å²) in [4.78, 5) is 17.5. The second-order valence-electron chi connectivity index (χ2n) is 4.42. The molecule has 1 aliphatic heterocycles. The van der Waals surface area contributed by atoms with Gasteiger partial charge in [-0.1, -0.05) is 0 Å². The molecule has 1 aliphatic rings. The zero-order valence-electron chi connectivity index (χ0n) is 10.00. The number of aromatic nitrogens is 1. The number of hydrogen-bond donors (Lipinski definition) is 1. The molecule has 0 bridgehead atoms. The van der Waals surface area contributed by atoms with E-state index >= 15 is 0 Å². The van der Waals surface area contributed by atoms with Gasteiger partial charge in [-0.05, 0) is 6.42 Å². The molecule has 0 aromatic carbocycles. The van der Waals surface area contributed by atoms with E-state index in [0.717, 1.165) is 0 Å². The molecule has 0 spiro atoms. The maximum absolute atomic E-state index is 12.0. The molecule has 8 heteroatoms. The Hall–Kier alpha value is -1.15. The van der Waals surface area contributed by atoms with Crippen molar-refractivity contribution in [2.75, 3.05) is 24.3 Å². The van der Waals surface area contributed by atoms with E-state index in [4.69, 9.17) is 5.73 Å². The molecule has 1 atom stereocenters. The van der Waals surface area contributed by atoms with Crippen LogP contribution in [0.5, 0.6) is 0 Å². The molecule has 1 saturated heterocycles. The molecule has 0 aliphatic carbocycles. The number of thiazole rings is 1. The molecule has 2 rings (SSSR count). The van der Waals surface area contributed by atoms with Gasteiger partial charge in [-0.2, -0.15) is 0 Å². The largest absolute Gasteiger partial charge is 0.375 e. The van der Waals surface area contributed by atoms with Crippen LogP contribution in [0.2, 0.25) is 0 Å². The minimum absolute atomic E-state index is 0.0639. The summed E-state index contributed by atoms with van der Waals surface area (Å²) in [6.07, 6.45) is 0.685. The van der Waals surface area contributed by atoms with E-state index in [1.54, 1.807) is 12.4 Å². The van der Waals surface area contributed by atoms with E-state index in [1.807, 2.05) is 0 Å². The lowest BCUT2D eigenvalue weighted by Gasteiger charge is -2.22. The highest BCUT2D eigenvalue weighted by Gasteiger charge is 2.32. The Morgan fingerprint density at radius 2 is 2.39 bits per heavy atom. The number of nitrogens with zero attached hydrogens (tertiary/aromatic N) is 2. The second-order valence-corrected chi connectivity index (χ2v) is 7.53. The summed E-state index contributed by atoms with van der Waals surface area (Å²) in [5.41, 5.74) is 6.13. The Morgan fingerprint density at radius 1 is 1.67 bits per heavy atom. The SMILES string of the molecule is CN(C(=O)Cc1csc(N)n1)C1CCS(=O)(=O)C1. The zero-order valence-corrected chi connectivity index (χ0v) is 11.6. The average molecular weight is 289 g/mol. The van der Waals surface area contributed by atoms with Crippen LogP contribution in [0.4, 0.5) is 5.13 Å². The monoisotopic (exact) mass is 289 g/mol. The lowest BCUT2D eigenvalue weighted by Crippen LogP contribution is -2.38. The van der Waals surface area contributed by atoms with Crippen LogP contribution in [0.15, 0.2) is 5.38 Å². The van der Waals surface area contributed by atoms with E-state index in [9.17, 15) is 13.2 Å². The average Bonchev–Trinajstić information content (AvgIpc) is 2.83. The molecule has 1 aromatic heterocycles. The fourth-order valence-electron chi connectivity index (χ4n) is 1.97. The number of amides is 1. The third-order valence-electron chi connectivity index (χ3n) is 3.05. The molecule has 100 valence electrons. The first-order chi connectivity index (χ1) is 8.37. The smallest absolute Gasteiger partial charge is 0.228 e. The molecular weight excluding hydrogens is 274 g/mol. The van der Waals surface area contributed by atoms with E-state index in [0.29, 0.717) is 17.2 Å². The van der Waals surface area contributed by atoms with Crippen LogP contribution < -0.4 is 5.73 Å². The van der Waals surface area contributed by atoms with E-state index in [1.165, 1.54) is 16.2 Å². The molecule has 1 unspecified atom stereocenters. The Kier molecular flexibility index (Phi) is 3.58. The Morgan fingerprint density at radius 3 is 2.89 bits per heavy atom. The summed E-state index contributed by atoms with van der Waals surface area (Å²) >= 11 is 1.29. The Labute approximate surface area is 110 Å². The number of nitrogen functional groups attached to an aromatic ring is 1. The van der Waals surface area contributed by atoms with Gasteiger partial charge in [0, 0.05) is 18.5 Å². The predicted molar refractivity (Wildman–Crippen MR) is 70.1 cm³/mol. The number of carbonyl (C=O) groups is 1.